The van der Waals surface area contributed by atoms with Gasteiger partial charge in [-0.3, -0.25) is 4.79 Å². The lowest BCUT2D eigenvalue weighted by molar-refractivity contribution is 0.0637. The molecular formula is C23H33N5O. The Morgan fingerprint density at radius 2 is 1.66 bits per heavy atom. The minimum atomic E-state index is -0.0209. The highest BCUT2D eigenvalue weighted by atomic mass is 16.2. The number of nitrogens with one attached hydrogen (secondary N) is 1. The summed E-state index contributed by atoms with van der Waals surface area (Å²) in [6, 6.07) is 8.19. The summed E-state index contributed by atoms with van der Waals surface area (Å²) in [6.07, 6.45) is 1.48. The van der Waals surface area contributed by atoms with E-state index in [-0.39, 0.29) is 5.91 Å². The summed E-state index contributed by atoms with van der Waals surface area (Å²) < 4.78 is 0. The van der Waals surface area contributed by atoms with Gasteiger partial charge in [0.2, 0.25) is 0 Å². The molecule has 1 saturated heterocycles. The van der Waals surface area contributed by atoms with Gasteiger partial charge in [-0.25, -0.2) is 9.97 Å². The molecule has 156 valence electrons. The Morgan fingerprint density at radius 1 is 1.03 bits per heavy atom. The third kappa shape index (κ3) is 4.93. The van der Waals surface area contributed by atoms with Crippen LogP contribution in [0, 0.1) is 0 Å². The normalized spacial score (nSPS) is 15.2. The van der Waals surface area contributed by atoms with Crippen molar-refractivity contribution in [1.29, 1.82) is 0 Å². The Morgan fingerprint density at radius 3 is 2.21 bits per heavy atom. The quantitative estimate of drug-likeness (QED) is 0.792. The summed E-state index contributed by atoms with van der Waals surface area (Å²) >= 11 is 0. The number of piperazine rings is 1. The molecule has 0 atom stereocenters. The van der Waals surface area contributed by atoms with Crippen LogP contribution >= 0.6 is 0 Å². The number of carbonyl (C=O) groups is 1. The molecular weight excluding hydrogens is 362 g/mol. The van der Waals surface area contributed by atoms with Crippen molar-refractivity contribution in [3.05, 3.63) is 47.4 Å². The van der Waals surface area contributed by atoms with Gasteiger partial charge in [-0.15, -0.1) is 0 Å². The van der Waals surface area contributed by atoms with Crippen LogP contribution in [-0.2, 0) is 0 Å². The van der Waals surface area contributed by atoms with Crippen molar-refractivity contribution in [2.45, 2.75) is 46.5 Å². The molecule has 0 aliphatic carbocycles. The second kappa shape index (κ2) is 9.35. The van der Waals surface area contributed by atoms with Crippen molar-refractivity contribution in [2.75, 3.05) is 38.0 Å². The lowest BCUT2D eigenvalue weighted by atomic mass is 9.92. The molecule has 1 aromatic heterocycles. The van der Waals surface area contributed by atoms with Gasteiger partial charge in [0.05, 0.1) is 0 Å². The topological polar surface area (TPSA) is 61.4 Å². The van der Waals surface area contributed by atoms with Gasteiger partial charge in [-0.2, -0.15) is 0 Å². The third-order valence-corrected chi connectivity index (χ3v) is 5.62. The number of anilines is 2. The smallest absolute Gasteiger partial charge is 0.272 e. The molecule has 29 heavy (non-hydrogen) atoms. The van der Waals surface area contributed by atoms with Crippen LogP contribution in [0.2, 0.25) is 0 Å². The van der Waals surface area contributed by atoms with Crippen LogP contribution in [-0.4, -0.2) is 58.4 Å². The Labute approximate surface area is 174 Å². The molecule has 1 amide bonds. The van der Waals surface area contributed by atoms with E-state index in [1.54, 1.807) is 6.07 Å². The van der Waals surface area contributed by atoms with E-state index in [4.69, 9.17) is 0 Å². The standard InChI is InChI=1S/C23H33N5O/c1-6-27-10-12-28(13-11-27)23(29)20-14-21(25-15-24-20)26-22-18(16(2)3)8-7-9-19(22)17(4)5/h7-9,14-17H,6,10-13H2,1-5H3,(H,24,25,26). The molecule has 3 rings (SSSR count). The van der Waals surface area contributed by atoms with Crippen molar-refractivity contribution in [3.8, 4) is 0 Å². The van der Waals surface area contributed by atoms with E-state index >= 15 is 0 Å². The number of nitrogens with zero attached hydrogens (tertiary/aromatic N) is 4. The number of hydrogen-bond acceptors (Lipinski definition) is 5. The maximum atomic E-state index is 12.9. The summed E-state index contributed by atoms with van der Waals surface area (Å²) in [5.41, 5.74) is 4.03. The minimum Gasteiger partial charge on any atom is -0.340 e. The van der Waals surface area contributed by atoms with Crippen LogP contribution in [0.5, 0.6) is 0 Å². The van der Waals surface area contributed by atoms with E-state index in [9.17, 15) is 4.79 Å². The first-order valence-corrected chi connectivity index (χ1v) is 10.6. The molecule has 0 unspecified atom stereocenters. The lowest BCUT2D eigenvalue weighted by Gasteiger charge is -2.33. The van der Waals surface area contributed by atoms with E-state index < -0.39 is 0 Å². The van der Waals surface area contributed by atoms with Gasteiger partial charge in [0.25, 0.3) is 5.91 Å². The summed E-state index contributed by atoms with van der Waals surface area (Å²) in [7, 11) is 0. The minimum absolute atomic E-state index is 0.0209. The predicted octanol–water partition coefficient (Wildman–Crippen LogP) is 4.24. The molecule has 1 fully saturated rings. The Balaban J connectivity index is 1.83. The molecule has 0 saturated carbocycles. The van der Waals surface area contributed by atoms with Crippen LogP contribution in [0.4, 0.5) is 11.5 Å². The average Bonchev–Trinajstić information content (AvgIpc) is 2.73. The average molecular weight is 396 g/mol. The molecule has 1 aliphatic rings. The molecule has 1 aliphatic heterocycles. The van der Waals surface area contributed by atoms with E-state index in [1.165, 1.54) is 17.5 Å². The number of amides is 1. The zero-order chi connectivity index (χ0) is 21.0. The largest absolute Gasteiger partial charge is 0.340 e. The Bertz CT molecular complexity index is 815. The Hall–Kier alpha value is -2.47. The molecule has 2 heterocycles. The first kappa shape index (κ1) is 21.2. The van der Waals surface area contributed by atoms with Crippen molar-refractivity contribution >= 4 is 17.4 Å². The van der Waals surface area contributed by atoms with Gasteiger partial charge in [-0.1, -0.05) is 52.8 Å². The summed E-state index contributed by atoms with van der Waals surface area (Å²) in [5, 5.41) is 3.49. The van der Waals surface area contributed by atoms with Gasteiger partial charge in [0, 0.05) is 37.9 Å². The monoisotopic (exact) mass is 395 g/mol. The molecule has 1 N–H and O–H groups in total. The third-order valence-electron chi connectivity index (χ3n) is 5.62. The Kier molecular flexibility index (Phi) is 6.85. The molecule has 0 spiro atoms. The second-order valence-corrected chi connectivity index (χ2v) is 8.26. The number of likely N-dealkylation sites (N-methyl/N-ethyl adjacent to an activating group) is 1. The maximum absolute atomic E-state index is 12.9. The van der Waals surface area contributed by atoms with Crippen LogP contribution in [0.15, 0.2) is 30.6 Å². The van der Waals surface area contributed by atoms with Crippen LogP contribution in [0.1, 0.15) is 68.1 Å². The fourth-order valence-electron chi connectivity index (χ4n) is 3.80. The van der Waals surface area contributed by atoms with Gasteiger partial charge >= 0.3 is 0 Å². The van der Waals surface area contributed by atoms with Gasteiger partial charge in [0.1, 0.15) is 17.8 Å². The fourth-order valence-corrected chi connectivity index (χ4v) is 3.80. The molecule has 1 aromatic carbocycles. The number of rotatable bonds is 6. The number of benzene rings is 1. The van der Waals surface area contributed by atoms with Crippen molar-refractivity contribution in [2.24, 2.45) is 0 Å². The SMILES string of the molecule is CCN1CCN(C(=O)c2cc(Nc3c(C(C)C)cccc3C(C)C)ncn2)CC1. The van der Waals surface area contributed by atoms with E-state index in [1.807, 2.05) is 4.90 Å². The van der Waals surface area contributed by atoms with Crippen molar-refractivity contribution < 1.29 is 4.79 Å². The number of hydrogen-bond donors (Lipinski definition) is 1. The summed E-state index contributed by atoms with van der Waals surface area (Å²) in [4.78, 5) is 25.8. The van der Waals surface area contributed by atoms with Crippen LogP contribution < -0.4 is 5.32 Å². The van der Waals surface area contributed by atoms with Crippen LogP contribution in [0.25, 0.3) is 0 Å². The predicted molar refractivity (Wildman–Crippen MR) is 118 cm³/mol. The summed E-state index contributed by atoms with van der Waals surface area (Å²) in [6.45, 7) is 15.3. The van der Waals surface area contributed by atoms with E-state index in [0.29, 0.717) is 23.3 Å². The second-order valence-electron chi connectivity index (χ2n) is 8.26. The fraction of sp³-hybridized carbons (Fsp3) is 0.522. The highest BCUT2D eigenvalue weighted by molar-refractivity contribution is 5.93. The van der Waals surface area contributed by atoms with Crippen molar-refractivity contribution in [3.63, 3.8) is 0 Å². The first-order chi connectivity index (χ1) is 13.9. The number of carbonyl (C=O) groups excluding carboxylic acids is 1. The molecule has 0 bridgehead atoms. The van der Waals surface area contributed by atoms with Crippen LogP contribution in [0.3, 0.4) is 0 Å². The number of aromatic nitrogens is 2. The lowest BCUT2D eigenvalue weighted by Crippen LogP contribution is -2.48. The first-order valence-electron chi connectivity index (χ1n) is 10.6. The highest BCUT2D eigenvalue weighted by Gasteiger charge is 2.23. The summed E-state index contributed by atoms with van der Waals surface area (Å²) in [5.74, 6) is 1.40. The van der Waals surface area contributed by atoms with Crippen molar-refractivity contribution in [1.82, 2.24) is 19.8 Å². The zero-order valence-electron chi connectivity index (χ0n) is 18.3. The molecule has 6 nitrogen and oxygen atoms in total. The van der Waals surface area contributed by atoms with E-state index in [0.717, 1.165) is 38.4 Å². The molecule has 2 aromatic rings. The van der Waals surface area contributed by atoms with Gasteiger partial charge < -0.3 is 15.1 Å². The highest BCUT2D eigenvalue weighted by Crippen LogP contribution is 2.34. The number of para-hydroxylation sites is 1. The zero-order valence-corrected chi connectivity index (χ0v) is 18.3. The molecule has 0 radical (unpaired) electrons. The van der Waals surface area contributed by atoms with Gasteiger partial charge in [0.15, 0.2) is 0 Å². The maximum Gasteiger partial charge on any atom is 0.272 e. The van der Waals surface area contributed by atoms with Gasteiger partial charge in [-0.05, 0) is 29.5 Å². The molecule has 6 heteroatoms. The van der Waals surface area contributed by atoms with E-state index in [2.05, 4.69) is 73.0 Å².